The van der Waals surface area contributed by atoms with E-state index in [4.69, 9.17) is 0 Å². The maximum Gasteiger partial charge on any atom is 0.0391 e. The standard InChI is InChI=1S/C10H16BrN/c1-7-10-6-9(11)3-2-8(10)4-5-12-7/h8-10H,2-6H2,1H3/t8?,9-,10?/m0/s1. The van der Waals surface area contributed by atoms with E-state index in [-0.39, 0.29) is 0 Å². The maximum absolute atomic E-state index is 4.54. The van der Waals surface area contributed by atoms with E-state index >= 15 is 0 Å². The Morgan fingerprint density at radius 3 is 3.00 bits per heavy atom. The Morgan fingerprint density at radius 1 is 1.33 bits per heavy atom. The van der Waals surface area contributed by atoms with Crippen LogP contribution in [0.4, 0.5) is 0 Å². The van der Waals surface area contributed by atoms with Crippen LogP contribution in [-0.4, -0.2) is 17.1 Å². The molecule has 1 aliphatic heterocycles. The summed E-state index contributed by atoms with van der Waals surface area (Å²) in [6.07, 6.45) is 5.43. The number of fused-ring (bicyclic) bond motifs is 1. The molecule has 0 N–H and O–H groups in total. The number of hydrogen-bond donors (Lipinski definition) is 0. The van der Waals surface area contributed by atoms with Gasteiger partial charge in [-0.15, -0.1) is 0 Å². The zero-order valence-electron chi connectivity index (χ0n) is 7.59. The molecule has 0 radical (unpaired) electrons. The minimum absolute atomic E-state index is 0.752. The van der Waals surface area contributed by atoms with Gasteiger partial charge in [0.1, 0.15) is 0 Å². The second kappa shape index (κ2) is 3.49. The van der Waals surface area contributed by atoms with E-state index in [1.54, 1.807) is 0 Å². The molecule has 0 bridgehead atoms. The Labute approximate surface area is 82.8 Å². The molecule has 1 heterocycles. The zero-order chi connectivity index (χ0) is 8.55. The molecule has 1 fully saturated rings. The lowest BCUT2D eigenvalue weighted by Crippen LogP contribution is -2.33. The van der Waals surface area contributed by atoms with E-state index in [0.29, 0.717) is 0 Å². The van der Waals surface area contributed by atoms with Gasteiger partial charge in [-0.3, -0.25) is 4.99 Å². The van der Waals surface area contributed by atoms with E-state index in [1.165, 1.54) is 31.4 Å². The number of alkyl halides is 1. The van der Waals surface area contributed by atoms with Crippen LogP contribution in [0.15, 0.2) is 4.99 Å². The Hall–Kier alpha value is 0.150. The number of halogens is 1. The van der Waals surface area contributed by atoms with Crippen LogP contribution in [0, 0.1) is 11.8 Å². The van der Waals surface area contributed by atoms with Crippen molar-refractivity contribution in [2.24, 2.45) is 16.8 Å². The molecule has 68 valence electrons. The number of nitrogens with zero attached hydrogens (tertiary/aromatic N) is 1. The van der Waals surface area contributed by atoms with Crippen molar-refractivity contribution in [1.82, 2.24) is 0 Å². The van der Waals surface area contributed by atoms with Crippen molar-refractivity contribution in [3.05, 3.63) is 0 Å². The van der Waals surface area contributed by atoms with Crippen LogP contribution in [0.25, 0.3) is 0 Å². The summed E-state index contributed by atoms with van der Waals surface area (Å²) in [5.41, 5.74) is 1.41. The molecule has 3 atom stereocenters. The average Bonchev–Trinajstić information content (AvgIpc) is 2.07. The van der Waals surface area contributed by atoms with Gasteiger partial charge in [-0.2, -0.15) is 0 Å². The van der Waals surface area contributed by atoms with Crippen molar-refractivity contribution in [3.63, 3.8) is 0 Å². The van der Waals surface area contributed by atoms with Crippen molar-refractivity contribution in [3.8, 4) is 0 Å². The van der Waals surface area contributed by atoms with Gasteiger partial charge in [0.15, 0.2) is 0 Å². The number of hydrogen-bond acceptors (Lipinski definition) is 1. The summed E-state index contributed by atoms with van der Waals surface area (Å²) in [5, 5.41) is 0. The Bertz CT molecular complexity index is 200. The second-order valence-electron chi connectivity index (χ2n) is 4.09. The first kappa shape index (κ1) is 8.74. The molecule has 1 nitrogen and oxygen atoms in total. The van der Waals surface area contributed by atoms with E-state index in [2.05, 4.69) is 27.8 Å². The second-order valence-corrected chi connectivity index (χ2v) is 5.38. The quantitative estimate of drug-likeness (QED) is 0.567. The highest BCUT2D eigenvalue weighted by Crippen LogP contribution is 2.38. The lowest BCUT2D eigenvalue weighted by Gasteiger charge is -2.36. The molecule has 2 aliphatic rings. The topological polar surface area (TPSA) is 12.4 Å². The number of aliphatic imine (C=N–C) groups is 1. The van der Waals surface area contributed by atoms with Gasteiger partial charge in [0.25, 0.3) is 0 Å². The van der Waals surface area contributed by atoms with Crippen LogP contribution in [0.2, 0.25) is 0 Å². The maximum atomic E-state index is 4.54. The fraction of sp³-hybridized carbons (Fsp3) is 0.900. The normalized spacial score (nSPS) is 41.8. The summed E-state index contributed by atoms with van der Waals surface area (Å²) in [4.78, 5) is 5.30. The third kappa shape index (κ3) is 1.59. The molecule has 2 heteroatoms. The van der Waals surface area contributed by atoms with Gasteiger partial charge in [-0.25, -0.2) is 0 Å². The largest absolute Gasteiger partial charge is 0.294 e. The van der Waals surface area contributed by atoms with Gasteiger partial charge in [-0.1, -0.05) is 15.9 Å². The molecule has 0 amide bonds. The molecule has 0 aromatic rings. The van der Waals surface area contributed by atoms with Crippen molar-refractivity contribution in [2.75, 3.05) is 6.54 Å². The van der Waals surface area contributed by atoms with E-state index < -0.39 is 0 Å². The highest BCUT2D eigenvalue weighted by molar-refractivity contribution is 9.09. The van der Waals surface area contributed by atoms with Gasteiger partial charge in [0.05, 0.1) is 0 Å². The summed E-state index contributed by atoms with van der Waals surface area (Å²) >= 11 is 3.72. The first-order valence-electron chi connectivity index (χ1n) is 4.92. The van der Waals surface area contributed by atoms with Crippen LogP contribution in [0.3, 0.4) is 0 Å². The van der Waals surface area contributed by atoms with Crippen LogP contribution in [0.1, 0.15) is 32.6 Å². The summed E-state index contributed by atoms with van der Waals surface area (Å²) in [6, 6.07) is 0. The lowest BCUT2D eigenvalue weighted by molar-refractivity contribution is 0.284. The smallest absolute Gasteiger partial charge is 0.0391 e. The predicted octanol–water partition coefficient (Wildman–Crippen LogP) is 3.03. The third-order valence-electron chi connectivity index (χ3n) is 3.33. The lowest BCUT2D eigenvalue weighted by atomic mass is 9.74. The van der Waals surface area contributed by atoms with Gasteiger partial charge in [0, 0.05) is 23.0 Å². The molecule has 2 unspecified atom stereocenters. The summed E-state index contributed by atoms with van der Waals surface area (Å²) < 4.78 is 0. The Balaban J connectivity index is 2.10. The number of rotatable bonds is 0. The monoisotopic (exact) mass is 229 g/mol. The summed E-state index contributed by atoms with van der Waals surface area (Å²) in [5.74, 6) is 1.76. The van der Waals surface area contributed by atoms with Crippen LogP contribution >= 0.6 is 15.9 Å². The fourth-order valence-electron chi connectivity index (χ4n) is 2.56. The van der Waals surface area contributed by atoms with Gasteiger partial charge in [0.2, 0.25) is 0 Å². The van der Waals surface area contributed by atoms with E-state index in [9.17, 15) is 0 Å². The first-order chi connectivity index (χ1) is 5.77. The summed E-state index contributed by atoms with van der Waals surface area (Å²) in [7, 11) is 0. The van der Waals surface area contributed by atoms with Crippen molar-refractivity contribution in [2.45, 2.75) is 37.4 Å². The van der Waals surface area contributed by atoms with Gasteiger partial charge >= 0.3 is 0 Å². The molecule has 2 rings (SSSR count). The Kier molecular flexibility index (Phi) is 2.54. The van der Waals surface area contributed by atoms with Crippen molar-refractivity contribution < 1.29 is 0 Å². The van der Waals surface area contributed by atoms with Crippen molar-refractivity contribution >= 4 is 21.6 Å². The molecule has 1 aliphatic carbocycles. The Morgan fingerprint density at radius 2 is 2.17 bits per heavy atom. The van der Waals surface area contributed by atoms with Gasteiger partial charge in [-0.05, 0) is 38.5 Å². The van der Waals surface area contributed by atoms with Crippen LogP contribution in [-0.2, 0) is 0 Å². The molecule has 0 aromatic heterocycles. The van der Waals surface area contributed by atoms with Crippen molar-refractivity contribution in [1.29, 1.82) is 0 Å². The summed E-state index contributed by atoms with van der Waals surface area (Å²) in [6.45, 7) is 3.29. The third-order valence-corrected chi connectivity index (χ3v) is 4.16. The van der Waals surface area contributed by atoms with Gasteiger partial charge < -0.3 is 0 Å². The van der Waals surface area contributed by atoms with E-state index in [1.807, 2.05) is 0 Å². The van der Waals surface area contributed by atoms with Crippen LogP contribution in [0.5, 0.6) is 0 Å². The molecule has 0 saturated heterocycles. The molecule has 12 heavy (non-hydrogen) atoms. The highest BCUT2D eigenvalue weighted by atomic mass is 79.9. The zero-order valence-corrected chi connectivity index (χ0v) is 9.18. The molecule has 0 spiro atoms. The minimum atomic E-state index is 0.752. The fourth-order valence-corrected chi connectivity index (χ4v) is 3.23. The highest BCUT2D eigenvalue weighted by Gasteiger charge is 2.32. The molecular formula is C10H16BrN. The predicted molar refractivity (Wildman–Crippen MR) is 56.1 cm³/mol. The minimum Gasteiger partial charge on any atom is -0.294 e. The molecular weight excluding hydrogens is 214 g/mol. The SMILES string of the molecule is CC1=NCCC2CC[C@H](Br)CC12. The first-order valence-corrected chi connectivity index (χ1v) is 5.84. The van der Waals surface area contributed by atoms with E-state index in [0.717, 1.165) is 23.2 Å². The molecule has 1 saturated carbocycles. The average molecular weight is 230 g/mol. The van der Waals surface area contributed by atoms with Crippen LogP contribution < -0.4 is 0 Å². The molecule has 0 aromatic carbocycles.